The zero-order valence-corrected chi connectivity index (χ0v) is 18.9. The van der Waals surface area contributed by atoms with Crippen molar-refractivity contribution in [2.75, 3.05) is 34.8 Å². The summed E-state index contributed by atoms with van der Waals surface area (Å²) < 4.78 is 3.69. The van der Waals surface area contributed by atoms with Gasteiger partial charge in [-0.15, -0.1) is 5.10 Å². The van der Waals surface area contributed by atoms with Gasteiger partial charge in [0, 0.05) is 34.8 Å². The van der Waals surface area contributed by atoms with E-state index < -0.39 is 0 Å². The minimum atomic E-state index is -0.354. The van der Waals surface area contributed by atoms with Crippen LogP contribution in [-0.4, -0.2) is 49.7 Å². The molecule has 0 unspecified atom stereocenters. The summed E-state index contributed by atoms with van der Waals surface area (Å²) in [7, 11) is 0. The number of nitrogens with zero attached hydrogens (tertiary/aromatic N) is 5. The average Bonchev–Trinajstić information content (AvgIpc) is 3.11. The van der Waals surface area contributed by atoms with Gasteiger partial charge in [0.2, 0.25) is 11.6 Å². The van der Waals surface area contributed by atoms with Crippen molar-refractivity contribution >= 4 is 61.8 Å². The van der Waals surface area contributed by atoms with Gasteiger partial charge in [0.15, 0.2) is 5.82 Å². The van der Waals surface area contributed by atoms with E-state index in [-0.39, 0.29) is 18.1 Å². The Morgan fingerprint density at radius 1 is 1.10 bits per heavy atom. The molecule has 0 bridgehead atoms. The van der Waals surface area contributed by atoms with Gasteiger partial charge in [-0.2, -0.15) is 11.8 Å². The highest BCUT2D eigenvalue weighted by Crippen LogP contribution is 2.24. The first kappa shape index (κ1) is 20.1. The summed E-state index contributed by atoms with van der Waals surface area (Å²) in [6.07, 6.45) is 0. The van der Waals surface area contributed by atoms with Crippen LogP contribution in [0.25, 0.3) is 16.7 Å². The van der Waals surface area contributed by atoms with E-state index >= 15 is 0 Å². The molecule has 31 heavy (non-hydrogen) atoms. The summed E-state index contributed by atoms with van der Waals surface area (Å²) in [5.41, 5.74) is 2.18. The van der Waals surface area contributed by atoms with Gasteiger partial charge in [-0.25, -0.2) is 18.9 Å². The number of amides is 1. The first-order chi connectivity index (χ1) is 15.1. The summed E-state index contributed by atoms with van der Waals surface area (Å²) in [6.45, 7) is 1.51. The van der Waals surface area contributed by atoms with Crippen LogP contribution in [0.3, 0.4) is 0 Å². The Labute approximate surface area is 190 Å². The van der Waals surface area contributed by atoms with Crippen LogP contribution in [0.2, 0.25) is 0 Å². The molecule has 4 aromatic rings. The third-order valence-electron chi connectivity index (χ3n) is 5.12. The van der Waals surface area contributed by atoms with Gasteiger partial charge in [0.1, 0.15) is 6.54 Å². The number of rotatable bonds is 4. The van der Waals surface area contributed by atoms with E-state index in [2.05, 4.69) is 31.2 Å². The molecule has 2 aromatic heterocycles. The number of halogens is 1. The monoisotopic (exact) mass is 498 g/mol. The van der Waals surface area contributed by atoms with Gasteiger partial charge < -0.3 is 10.2 Å². The minimum Gasteiger partial charge on any atom is -0.352 e. The largest absolute Gasteiger partial charge is 0.352 e. The van der Waals surface area contributed by atoms with Crippen molar-refractivity contribution in [1.82, 2.24) is 19.2 Å². The lowest BCUT2D eigenvalue weighted by Gasteiger charge is -2.27. The summed E-state index contributed by atoms with van der Waals surface area (Å²) >= 11 is 5.27. The molecule has 1 saturated heterocycles. The maximum absolute atomic E-state index is 13.2. The van der Waals surface area contributed by atoms with Gasteiger partial charge >= 0.3 is 5.69 Å². The summed E-state index contributed by atoms with van der Waals surface area (Å²) in [5.74, 6) is 2.37. The van der Waals surface area contributed by atoms with Gasteiger partial charge in [-0.1, -0.05) is 28.1 Å². The van der Waals surface area contributed by atoms with Gasteiger partial charge in [0.25, 0.3) is 0 Å². The Balaban J connectivity index is 1.55. The standard InChI is InChI=1S/C21H19BrN6O2S/c22-14-5-7-15(8-6-14)23-18(29)13-27-21(30)28-17-4-2-1-3-16(17)24-19(20(28)25-27)26-9-11-31-12-10-26/h1-8H,9-13H2,(H,23,29). The maximum atomic E-state index is 13.2. The van der Waals surface area contributed by atoms with Crippen molar-refractivity contribution in [3.8, 4) is 0 Å². The zero-order chi connectivity index (χ0) is 21.4. The molecule has 2 aromatic carbocycles. The number of nitrogens with one attached hydrogen (secondary N) is 1. The van der Waals surface area contributed by atoms with Gasteiger partial charge in [0.05, 0.1) is 11.0 Å². The van der Waals surface area contributed by atoms with E-state index in [4.69, 9.17) is 4.98 Å². The first-order valence-corrected chi connectivity index (χ1v) is 11.8. The molecule has 0 aliphatic carbocycles. The Hall–Kier alpha value is -2.85. The van der Waals surface area contributed by atoms with E-state index in [0.29, 0.717) is 22.7 Å². The van der Waals surface area contributed by atoms with Crippen LogP contribution in [0.5, 0.6) is 0 Å². The van der Waals surface area contributed by atoms with E-state index in [1.165, 1.54) is 4.68 Å². The Bertz CT molecular complexity index is 1330. The van der Waals surface area contributed by atoms with Crippen LogP contribution < -0.4 is 15.9 Å². The number of carbonyl (C=O) groups is 1. The second kappa shape index (κ2) is 8.35. The number of carbonyl (C=O) groups excluding carboxylic acids is 1. The van der Waals surface area contributed by atoms with Crippen LogP contribution in [-0.2, 0) is 11.3 Å². The number of benzene rings is 2. The molecule has 3 heterocycles. The molecule has 0 spiro atoms. The molecule has 5 rings (SSSR count). The zero-order valence-electron chi connectivity index (χ0n) is 16.5. The second-order valence-corrected chi connectivity index (χ2v) is 9.32. The lowest BCUT2D eigenvalue weighted by molar-refractivity contribution is -0.117. The molecule has 0 radical (unpaired) electrons. The van der Waals surface area contributed by atoms with Gasteiger partial charge in [-0.3, -0.25) is 4.79 Å². The number of hydrogen-bond acceptors (Lipinski definition) is 6. The number of para-hydroxylation sites is 2. The molecule has 8 nitrogen and oxygen atoms in total. The predicted octanol–water partition coefficient (Wildman–Crippen LogP) is 3.00. The molecular formula is C21H19BrN6O2S. The predicted molar refractivity (Wildman–Crippen MR) is 127 cm³/mol. The molecule has 0 saturated carbocycles. The smallest absolute Gasteiger partial charge is 0.351 e. The van der Waals surface area contributed by atoms with Crippen molar-refractivity contribution in [2.45, 2.75) is 6.54 Å². The fraction of sp³-hybridized carbons (Fsp3) is 0.238. The SMILES string of the molecule is O=C(Cn1nc2c(N3CCSCC3)nc3ccccc3n2c1=O)Nc1ccc(Br)cc1. The highest BCUT2D eigenvalue weighted by atomic mass is 79.9. The molecule has 1 fully saturated rings. The molecule has 1 N–H and O–H groups in total. The lowest BCUT2D eigenvalue weighted by Crippen LogP contribution is -2.33. The normalized spacial score (nSPS) is 14.3. The van der Waals surface area contributed by atoms with E-state index in [9.17, 15) is 9.59 Å². The highest BCUT2D eigenvalue weighted by Gasteiger charge is 2.22. The summed E-state index contributed by atoms with van der Waals surface area (Å²) in [4.78, 5) is 32.8. The fourth-order valence-corrected chi connectivity index (χ4v) is 4.81. The number of thioether (sulfide) groups is 1. The maximum Gasteiger partial charge on any atom is 0.351 e. The van der Waals surface area contributed by atoms with E-state index in [0.717, 1.165) is 34.6 Å². The van der Waals surface area contributed by atoms with Crippen LogP contribution in [0.4, 0.5) is 11.5 Å². The fourth-order valence-electron chi connectivity index (χ4n) is 3.64. The number of anilines is 2. The Morgan fingerprint density at radius 2 is 1.84 bits per heavy atom. The Morgan fingerprint density at radius 3 is 2.61 bits per heavy atom. The Kier molecular flexibility index (Phi) is 5.41. The van der Waals surface area contributed by atoms with Crippen molar-refractivity contribution in [1.29, 1.82) is 0 Å². The van der Waals surface area contributed by atoms with Crippen molar-refractivity contribution in [3.63, 3.8) is 0 Å². The molecular weight excluding hydrogens is 480 g/mol. The third-order valence-corrected chi connectivity index (χ3v) is 6.59. The quantitative estimate of drug-likeness (QED) is 0.465. The average molecular weight is 499 g/mol. The molecule has 10 heteroatoms. The summed E-state index contributed by atoms with van der Waals surface area (Å²) in [5, 5.41) is 7.33. The molecule has 1 aliphatic heterocycles. The van der Waals surface area contributed by atoms with E-state index in [1.54, 1.807) is 16.5 Å². The number of aromatic nitrogens is 4. The van der Waals surface area contributed by atoms with Crippen molar-refractivity contribution < 1.29 is 4.79 Å². The molecule has 1 aliphatic rings. The van der Waals surface area contributed by atoms with Gasteiger partial charge in [-0.05, 0) is 36.4 Å². The van der Waals surface area contributed by atoms with Crippen LogP contribution >= 0.6 is 27.7 Å². The minimum absolute atomic E-state index is 0.180. The lowest BCUT2D eigenvalue weighted by atomic mass is 10.3. The number of hydrogen-bond donors (Lipinski definition) is 1. The highest BCUT2D eigenvalue weighted by molar-refractivity contribution is 9.10. The molecule has 1 amide bonds. The first-order valence-electron chi connectivity index (χ1n) is 9.86. The third kappa shape index (κ3) is 3.92. The van der Waals surface area contributed by atoms with Crippen molar-refractivity contribution in [2.24, 2.45) is 0 Å². The van der Waals surface area contributed by atoms with Crippen molar-refractivity contribution in [3.05, 3.63) is 63.5 Å². The van der Waals surface area contributed by atoms with E-state index in [1.807, 2.05) is 48.2 Å². The van der Waals surface area contributed by atoms with Crippen LogP contribution in [0, 0.1) is 0 Å². The van der Waals surface area contributed by atoms with Crippen LogP contribution in [0.15, 0.2) is 57.8 Å². The second-order valence-electron chi connectivity index (χ2n) is 7.18. The molecule has 0 atom stereocenters. The van der Waals surface area contributed by atoms with Crippen LogP contribution in [0.1, 0.15) is 0 Å². The topological polar surface area (TPSA) is 84.5 Å². The number of fused-ring (bicyclic) bond motifs is 3. The molecule has 158 valence electrons. The summed E-state index contributed by atoms with van der Waals surface area (Å²) in [6, 6.07) is 14.8.